The molecule has 1 atom stereocenters. The number of nitrogens with zero attached hydrogens (tertiary/aromatic N) is 1. The molecule has 1 heterocycles. The van der Waals surface area contributed by atoms with E-state index in [0.717, 1.165) is 45.7 Å². The van der Waals surface area contributed by atoms with Crippen molar-refractivity contribution in [2.75, 3.05) is 39.3 Å². The molecule has 0 bridgehead atoms. The van der Waals surface area contributed by atoms with Crippen molar-refractivity contribution in [3.05, 3.63) is 0 Å². The summed E-state index contributed by atoms with van der Waals surface area (Å²) in [6.45, 7) is 14.5. The van der Waals surface area contributed by atoms with Gasteiger partial charge < -0.3 is 15.5 Å². The highest BCUT2D eigenvalue weighted by Gasteiger charge is 2.36. The van der Waals surface area contributed by atoms with E-state index in [-0.39, 0.29) is 11.3 Å². The molecule has 0 aromatic rings. The lowest BCUT2D eigenvalue weighted by Crippen LogP contribution is -2.48. The zero-order valence-electron chi connectivity index (χ0n) is 13.8. The first kappa shape index (κ1) is 17.4. The Morgan fingerprint density at radius 3 is 2.65 bits per heavy atom. The highest BCUT2D eigenvalue weighted by molar-refractivity contribution is 5.82. The van der Waals surface area contributed by atoms with Crippen molar-refractivity contribution in [2.45, 2.75) is 47.0 Å². The van der Waals surface area contributed by atoms with Gasteiger partial charge in [-0.3, -0.25) is 4.79 Å². The zero-order chi connectivity index (χ0) is 15.0. The van der Waals surface area contributed by atoms with Crippen LogP contribution in [-0.4, -0.2) is 50.1 Å². The second kappa shape index (κ2) is 8.63. The smallest absolute Gasteiger partial charge is 0.226 e. The summed E-state index contributed by atoms with van der Waals surface area (Å²) in [7, 11) is 0. The molecule has 1 amide bonds. The Bertz CT molecular complexity index is 285. The first-order valence-electron chi connectivity index (χ1n) is 8.23. The van der Waals surface area contributed by atoms with Crippen LogP contribution in [0.5, 0.6) is 0 Å². The standard InChI is InChI=1S/C16H33N3O/c1-5-11-19(6-2)12-10-18-15(20)16(3,4)14-8-7-9-17-13-14/h14,17H,5-13H2,1-4H3,(H,18,20). The molecule has 2 N–H and O–H groups in total. The molecule has 0 spiro atoms. The summed E-state index contributed by atoms with van der Waals surface area (Å²) in [5, 5.41) is 6.54. The Hall–Kier alpha value is -0.610. The van der Waals surface area contributed by atoms with Crippen LogP contribution in [0.1, 0.15) is 47.0 Å². The molecular weight excluding hydrogens is 250 g/mol. The van der Waals surface area contributed by atoms with Crippen LogP contribution in [0.4, 0.5) is 0 Å². The summed E-state index contributed by atoms with van der Waals surface area (Å²) in [6.07, 6.45) is 3.51. The van der Waals surface area contributed by atoms with E-state index in [1.165, 1.54) is 12.8 Å². The number of likely N-dealkylation sites (N-methyl/N-ethyl adjacent to an activating group) is 1. The van der Waals surface area contributed by atoms with E-state index in [1.54, 1.807) is 0 Å². The van der Waals surface area contributed by atoms with Gasteiger partial charge in [-0.15, -0.1) is 0 Å². The van der Waals surface area contributed by atoms with Gasteiger partial charge in [0.05, 0.1) is 0 Å². The largest absolute Gasteiger partial charge is 0.354 e. The molecule has 118 valence electrons. The molecule has 0 aromatic heterocycles. The molecule has 1 aliphatic rings. The van der Waals surface area contributed by atoms with E-state index in [2.05, 4.69) is 43.2 Å². The second-order valence-electron chi connectivity index (χ2n) is 6.46. The summed E-state index contributed by atoms with van der Waals surface area (Å²) in [5.41, 5.74) is -0.269. The van der Waals surface area contributed by atoms with Crippen LogP contribution in [0, 0.1) is 11.3 Å². The number of amides is 1. The van der Waals surface area contributed by atoms with E-state index in [4.69, 9.17) is 0 Å². The second-order valence-corrected chi connectivity index (χ2v) is 6.46. The lowest BCUT2D eigenvalue weighted by molar-refractivity contribution is -0.132. The minimum Gasteiger partial charge on any atom is -0.354 e. The average Bonchev–Trinajstić information content (AvgIpc) is 2.47. The molecule has 20 heavy (non-hydrogen) atoms. The Labute approximate surface area is 124 Å². The third-order valence-electron chi connectivity index (χ3n) is 4.60. The Morgan fingerprint density at radius 1 is 1.35 bits per heavy atom. The van der Waals surface area contributed by atoms with Crippen LogP contribution in [0.3, 0.4) is 0 Å². The number of hydrogen-bond donors (Lipinski definition) is 2. The maximum absolute atomic E-state index is 12.4. The van der Waals surface area contributed by atoms with Crippen molar-refractivity contribution in [3.8, 4) is 0 Å². The highest BCUT2D eigenvalue weighted by atomic mass is 16.2. The number of nitrogens with one attached hydrogen (secondary N) is 2. The molecule has 4 heteroatoms. The van der Waals surface area contributed by atoms with E-state index in [0.29, 0.717) is 5.92 Å². The molecule has 4 nitrogen and oxygen atoms in total. The molecule has 0 radical (unpaired) electrons. The van der Waals surface area contributed by atoms with E-state index in [1.807, 2.05) is 0 Å². The van der Waals surface area contributed by atoms with Gasteiger partial charge in [-0.05, 0) is 51.4 Å². The minimum atomic E-state index is -0.269. The molecule has 0 aromatic carbocycles. The highest BCUT2D eigenvalue weighted by Crippen LogP contribution is 2.31. The van der Waals surface area contributed by atoms with E-state index < -0.39 is 0 Å². The molecule has 0 aliphatic carbocycles. The summed E-state index contributed by atoms with van der Waals surface area (Å²) in [5.74, 6) is 0.660. The molecule has 1 rings (SSSR count). The molecule has 1 aliphatic heterocycles. The monoisotopic (exact) mass is 283 g/mol. The van der Waals surface area contributed by atoms with Crippen molar-refractivity contribution in [1.29, 1.82) is 0 Å². The van der Waals surface area contributed by atoms with Crippen LogP contribution >= 0.6 is 0 Å². The number of carbonyl (C=O) groups is 1. The third kappa shape index (κ3) is 5.06. The van der Waals surface area contributed by atoms with Gasteiger partial charge in [0.1, 0.15) is 0 Å². The molecule has 1 fully saturated rings. The van der Waals surface area contributed by atoms with Crippen molar-refractivity contribution in [3.63, 3.8) is 0 Å². The first-order chi connectivity index (χ1) is 9.52. The summed E-state index contributed by atoms with van der Waals surface area (Å²) < 4.78 is 0. The Balaban J connectivity index is 2.36. The summed E-state index contributed by atoms with van der Waals surface area (Å²) in [6, 6.07) is 0. The fraction of sp³-hybridized carbons (Fsp3) is 0.938. The maximum atomic E-state index is 12.4. The summed E-state index contributed by atoms with van der Waals surface area (Å²) in [4.78, 5) is 14.8. The predicted molar refractivity (Wildman–Crippen MR) is 84.8 cm³/mol. The van der Waals surface area contributed by atoms with Gasteiger partial charge in [0.25, 0.3) is 0 Å². The van der Waals surface area contributed by atoms with Gasteiger partial charge in [0.2, 0.25) is 5.91 Å². The van der Waals surface area contributed by atoms with Crippen LogP contribution < -0.4 is 10.6 Å². The van der Waals surface area contributed by atoms with Crippen molar-refractivity contribution < 1.29 is 4.79 Å². The maximum Gasteiger partial charge on any atom is 0.226 e. The summed E-state index contributed by atoms with van der Waals surface area (Å²) >= 11 is 0. The fourth-order valence-corrected chi connectivity index (χ4v) is 2.95. The van der Waals surface area contributed by atoms with Gasteiger partial charge in [0.15, 0.2) is 0 Å². The minimum absolute atomic E-state index is 0.207. The van der Waals surface area contributed by atoms with Gasteiger partial charge in [-0.2, -0.15) is 0 Å². The van der Waals surface area contributed by atoms with E-state index in [9.17, 15) is 4.79 Å². The van der Waals surface area contributed by atoms with Crippen LogP contribution in [0.25, 0.3) is 0 Å². The van der Waals surface area contributed by atoms with Crippen molar-refractivity contribution >= 4 is 5.91 Å². The Kier molecular flexibility index (Phi) is 7.52. The predicted octanol–water partition coefficient (Wildman–Crippen LogP) is 1.86. The fourth-order valence-electron chi connectivity index (χ4n) is 2.95. The topological polar surface area (TPSA) is 44.4 Å². The SMILES string of the molecule is CCCN(CC)CCNC(=O)C(C)(C)C1CCCNC1. The third-order valence-corrected chi connectivity index (χ3v) is 4.60. The first-order valence-corrected chi connectivity index (χ1v) is 8.23. The quantitative estimate of drug-likeness (QED) is 0.715. The Morgan fingerprint density at radius 2 is 2.10 bits per heavy atom. The van der Waals surface area contributed by atoms with Crippen LogP contribution in [0.15, 0.2) is 0 Å². The molecule has 1 saturated heterocycles. The van der Waals surface area contributed by atoms with Gasteiger partial charge in [-0.25, -0.2) is 0 Å². The number of piperidine rings is 1. The molecule has 1 unspecified atom stereocenters. The zero-order valence-corrected chi connectivity index (χ0v) is 13.8. The lowest BCUT2D eigenvalue weighted by atomic mass is 9.74. The van der Waals surface area contributed by atoms with Gasteiger partial charge >= 0.3 is 0 Å². The normalized spacial score (nSPS) is 20.1. The van der Waals surface area contributed by atoms with Crippen LogP contribution in [-0.2, 0) is 4.79 Å². The van der Waals surface area contributed by atoms with E-state index >= 15 is 0 Å². The lowest BCUT2D eigenvalue weighted by Gasteiger charge is -2.36. The van der Waals surface area contributed by atoms with Gasteiger partial charge in [0, 0.05) is 18.5 Å². The number of rotatable bonds is 8. The molecule has 0 saturated carbocycles. The average molecular weight is 283 g/mol. The van der Waals surface area contributed by atoms with Crippen LogP contribution in [0.2, 0.25) is 0 Å². The molecular formula is C16H33N3O. The van der Waals surface area contributed by atoms with Crippen molar-refractivity contribution in [2.24, 2.45) is 11.3 Å². The van der Waals surface area contributed by atoms with Gasteiger partial charge in [-0.1, -0.05) is 27.7 Å². The number of hydrogen-bond acceptors (Lipinski definition) is 3. The van der Waals surface area contributed by atoms with Crippen molar-refractivity contribution in [1.82, 2.24) is 15.5 Å². The number of carbonyl (C=O) groups excluding carboxylic acids is 1.